The third kappa shape index (κ3) is 1.37. The minimum absolute atomic E-state index is 0.0486. The minimum atomic E-state index is -0.883. The Bertz CT molecular complexity index is 773. The number of fused-ring (bicyclic) bond motifs is 1. The van der Waals surface area contributed by atoms with E-state index in [9.17, 15) is 14.9 Å². The van der Waals surface area contributed by atoms with E-state index in [0.29, 0.717) is 12.8 Å². The second-order valence-corrected chi connectivity index (χ2v) is 7.42. The summed E-state index contributed by atoms with van der Waals surface area (Å²) < 4.78 is 0. The van der Waals surface area contributed by atoms with Crippen LogP contribution in [0.15, 0.2) is 24.5 Å². The molecule has 0 saturated carbocycles. The van der Waals surface area contributed by atoms with Gasteiger partial charge in [-0.2, -0.15) is 5.26 Å². The van der Waals surface area contributed by atoms with Crippen molar-refractivity contribution in [1.29, 1.82) is 5.26 Å². The average molecular weight is 310 g/mol. The molecule has 2 amide bonds. The lowest BCUT2D eigenvalue weighted by atomic mass is 9.76. The van der Waals surface area contributed by atoms with Crippen LogP contribution in [0.3, 0.4) is 0 Å². The van der Waals surface area contributed by atoms with E-state index in [1.54, 1.807) is 35.3 Å². The van der Waals surface area contributed by atoms with Crippen molar-refractivity contribution in [2.45, 2.75) is 43.8 Å². The maximum Gasteiger partial charge on any atom is 0.249 e. The quantitative estimate of drug-likeness (QED) is 0.782. The van der Waals surface area contributed by atoms with Crippen LogP contribution in [0.5, 0.6) is 0 Å². The number of likely N-dealkylation sites (N-methyl/N-ethyl adjacent to an activating group) is 1. The van der Waals surface area contributed by atoms with Crippen LogP contribution in [0.25, 0.3) is 0 Å². The molecule has 4 rings (SSSR count). The molecule has 1 unspecified atom stereocenters. The molecule has 6 nitrogen and oxygen atoms in total. The average Bonchev–Trinajstić information content (AvgIpc) is 3.01. The number of amides is 2. The van der Waals surface area contributed by atoms with E-state index in [1.165, 1.54) is 0 Å². The predicted molar refractivity (Wildman–Crippen MR) is 80.7 cm³/mol. The van der Waals surface area contributed by atoms with Crippen molar-refractivity contribution in [2.75, 3.05) is 7.05 Å². The Kier molecular flexibility index (Phi) is 2.41. The van der Waals surface area contributed by atoms with Crippen molar-refractivity contribution in [3.05, 3.63) is 30.1 Å². The third-order valence-electron chi connectivity index (χ3n) is 6.00. The monoisotopic (exact) mass is 310 g/mol. The summed E-state index contributed by atoms with van der Waals surface area (Å²) in [6.07, 6.45) is 4.19. The highest BCUT2D eigenvalue weighted by atomic mass is 16.2. The van der Waals surface area contributed by atoms with Gasteiger partial charge in [-0.1, -0.05) is 6.07 Å². The molecule has 3 aliphatic rings. The van der Waals surface area contributed by atoms with E-state index in [4.69, 9.17) is 0 Å². The maximum absolute atomic E-state index is 13.1. The summed E-state index contributed by atoms with van der Waals surface area (Å²) in [7, 11) is 1.69. The molecule has 3 aliphatic heterocycles. The van der Waals surface area contributed by atoms with Crippen molar-refractivity contribution in [1.82, 2.24) is 14.8 Å². The number of hydrogen-bond donors (Lipinski definition) is 0. The zero-order valence-corrected chi connectivity index (χ0v) is 13.4. The number of nitrogens with zero attached hydrogens (tertiary/aromatic N) is 4. The number of likely N-dealkylation sites (tertiary alicyclic amines) is 1. The number of pyridine rings is 1. The first kappa shape index (κ1) is 14.2. The fourth-order valence-corrected chi connectivity index (χ4v) is 4.89. The van der Waals surface area contributed by atoms with Crippen LogP contribution in [-0.2, 0) is 9.59 Å². The van der Waals surface area contributed by atoms with Crippen LogP contribution >= 0.6 is 0 Å². The van der Waals surface area contributed by atoms with E-state index < -0.39 is 22.5 Å². The topological polar surface area (TPSA) is 77.3 Å². The van der Waals surface area contributed by atoms with Crippen molar-refractivity contribution >= 4 is 11.8 Å². The van der Waals surface area contributed by atoms with Gasteiger partial charge in [0.1, 0.15) is 11.1 Å². The number of carbonyl (C=O) groups is 2. The molecular weight excluding hydrogens is 292 g/mol. The van der Waals surface area contributed by atoms with Gasteiger partial charge in [0, 0.05) is 32.3 Å². The number of rotatable bonds is 1. The largest absolute Gasteiger partial charge is 0.329 e. The molecular formula is C17H18N4O2. The van der Waals surface area contributed by atoms with Crippen LogP contribution in [0.2, 0.25) is 0 Å². The number of carbonyl (C=O) groups excluding carboxylic acids is 2. The van der Waals surface area contributed by atoms with E-state index >= 15 is 0 Å². The molecule has 1 aromatic rings. The second-order valence-electron chi connectivity index (χ2n) is 7.42. The molecule has 118 valence electrons. The van der Waals surface area contributed by atoms with Crippen LogP contribution in [0.4, 0.5) is 0 Å². The zero-order chi connectivity index (χ0) is 16.6. The van der Waals surface area contributed by atoms with Crippen molar-refractivity contribution < 1.29 is 9.59 Å². The molecule has 3 fully saturated rings. The third-order valence-corrected chi connectivity index (χ3v) is 6.00. The molecule has 2 bridgehead atoms. The molecule has 0 radical (unpaired) electrons. The van der Waals surface area contributed by atoms with Gasteiger partial charge in [0.25, 0.3) is 0 Å². The summed E-state index contributed by atoms with van der Waals surface area (Å²) in [6.45, 7) is 3.66. The van der Waals surface area contributed by atoms with Gasteiger partial charge in [0.15, 0.2) is 0 Å². The maximum atomic E-state index is 13.1. The fourth-order valence-electron chi connectivity index (χ4n) is 4.89. The lowest BCUT2D eigenvalue weighted by Crippen LogP contribution is -2.60. The number of nitriles is 1. The molecule has 0 aromatic carbocycles. The lowest BCUT2D eigenvalue weighted by Gasteiger charge is -2.41. The van der Waals surface area contributed by atoms with Crippen LogP contribution in [0, 0.1) is 16.7 Å². The predicted octanol–water partition coefficient (Wildman–Crippen LogP) is 1.26. The molecule has 1 aromatic heterocycles. The molecule has 3 saturated heterocycles. The van der Waals surface area contributed by atoms with Gasteiger partial charge in [-0.3, -0.25) is 14.6 Å². The Morgan fingerprint density at radius 1 is 1.30 bits per heavy atom. The van der Waals surface area contributed by atoms with Gasteiger partial charge >= 0.3 is 0 Å². The molecule has 4 heterocycles. The lowest BCUT2D eigenvalue weighted by molar-refractivity contribution is -0.159. The summed E-state index contributed by atoms with van der Waals surface area (Å²) in [5.74, 6) is -0.111. The van der Waals surface area contributed by atoms with Gasteiger partial charge in [-0.25, -0.2) is 0 Å². The molecule has 0 aliphatic carbocycles. The molecule has 0 N–H and O–H groups in total. The van der Waals surface area contributed by atoms with Gasteiger partial charge in [0.2, 0.25) is 11.8 Å². The van der Waals surface area contributed by atoms with E-state index in [1.807, 2.05) is 19.9 Å². The first-order chi connectivity index (χ1) is 10.8. The molecule has 1 spiro atoms. The Morgan fingerprint density at radius 3 is 2.65 bits per heavy atom. The summed E-state index contributed by atoms with van der Waals surface area (Å²) in [6, 6.07) is 5.61. The van der Waals surface area contributed by atoms with Crippen LogP contribution in [-0.4, -0.2) is 44.7 Å². The van der Waals surface area contributed by atoms with Gasteiger partial charge in [0.05, 0.1) is 17.5 Å². The summed E-state index contributed by atoms with van der Waals surface area (Å²) >= 11 is 0. The summed E-state index contributed by atoms with van der Waals surface area (Å²) in [5, 5.41) is 9.81. The summed E-state index contributed by atoms with van der Waals surface area (Å²) in [4.78, 5) is 33.4. The molecule has 4 atom stereocenters. The zero-order valence-electron chi connectivity index (χ0n) is 13.4. The number of aromatic nitrogens is 1. The number of hydrogen-bond acceptors (Lipinski definition) is 4. The highest BCUT2D eigenvalue weighted by molar-refractivity contribution is 6.07. The Morgan fingerprint density at radius 2 is 2.04 bits per heavy atom. The van der Waals surface area contributed by atoms with Crippen molar-refractivity contribution in [3.63, 3.8) is 0 Å². The minimum Gasteiger partial charge on any atom is -0.329 e. The molecule has 6 heteroatoms. The number of piperazine rings is 1. The Hall–Kier alpha value is -2.42. The standard InChI is InChI=1S/C17H18N4O2/c1-15(10-18)8-17-9-16(2,20(3)14(17)23)13(22)21(17)12(15)11-5-4-6-19-7-11/h4-7,12H,8-9H2,1-3H3/t12-,15+,16?,17-/m0/s1. The normalized spacial score (nSPS) is 41.4. The van der Waals surface area contributed by atoms with Gasteiger partial charge in [-0.05, 0) is 25.5 Å². The van der Waals surface area contributed by atoms with Crippen LogP contribution in [0.1, 0.15) is 38.3 Å². The first-order valence-corrected chi connectivity index (χ1v) is 7.73. The van der Waals surface area contributed by atoms with E-state index in [2.05, 4.69) is 11.1 Å². The second kappa shape index (κ2) is 3.91. The summed E-state index contributed by atoms with van der Waals surface area (Å²) in [5.41, 5.74) is -1.67. The Balaban J connectivity index is 1.94. The van der Waals surface area contributed by atoms with Crippen molar-refractivity contribution in [3.8, 4) is 6.07 Å². The highest BCUT2D eigenvalue weighted by Gasteiger charge is 2.77. The van der Waals surface area contributed by atoms with Crippen LogP contribution < -0.4 is 0 Å². The Labute approximate surface area is 134 Å². The fraction of sp³-hybridized carbons (Fsp3) is 0.529. The smallest absolute Gasteiger partial charge is 0.249 e. The van der Waals surface area contributed by atoms with Gasteiger partial charge in [-0.15, -0.1) is 0 Å². The molecule has 23 heavy (non-hydrogen) atoms. The van der Waals surface area contributed by atoms with E-state index in [-0.39, 0.29) is 11.8 Å². The van der Waals surface area contributed by atoms with Gasteiger partial charge < -0.3 is 9.80 Å². The van der Waals surface area contributed by atoms with Crippen molar-refractivity contribution in [2.24, 2.45) is 5.41 Å². The first-order valence-electron chi connectivity index (χ1n) is 7.73. The highest BCUT2D eigenvalue weighted by Crippen LogP contribution is 2.64. The SMILES string of the molecule is CN1C(=O)[C@]23CC1(C)C(=O)N2[C@@H](c1cccnc1)[C@@](C)(C#N)C3. The van der Waals surface area contributed by atoms with E-state index in [0.717, 1.165) is 5.56 Å².